The molecule has 0 amide bonds. The van der Waals surface area contributed by atoms with Crippen LogP contribution in [0.4, 0.5) is 0 Å². The molecule has 0 radical (unpaired) electrons. The van der Waals surface area contributed by atoms with Crippen LogP contribution in [0.2, 0.25) is 4.82 Å². The number of nitrogens with one attached hydrogen (secondary N) is 1. The Labute approximate surface area is 146 Å². The Morgan fingerprint density at radius 3 is 2.71 bits per heavy atom. The van der Waals surface area contributed by atoms with E-state index in [1.54, 1.807) is 6.20 Å². The van der Waals surface area contributed by atoms with E-state index in [0.29, 0.717) is 30.7 Å². The van der Waals surface area contributed by atoms with Crippen LogP contribution in [0.15, 0.2) is 15.8 Å². The first kappa shape index (κ1) is 17.9. The monoisotopic (exact) mass is 404 g/mol. The van der Waals surface area contributed by atoms with Gasteiger partial charge in [0.2, 0.25) is 0 Å². The Bertz CT molecular complexity index is 667. The third kappa shape index (κ3) is 4.00. The van der Waals surface area contributed by atoms with Crippen molar-refractivity contribution < 1.29 is 14.9 Å². The number of aliphatic hydroxyl groups excluding tert-OH is 2. The van der Waals surface area contributed by atoms with Crippen LogP contribution in [0.1, 0.15) is 50.3 Å². The van der Waals surface area contributed by atoms with Gasteiger partial charge in [-0.05, 0) is 0 Å². The molecule has 3 N–H and O–H groups in total. The van der Waals surface area contributed by atoms with Crippen molar-refractivity contribution in [3.05, 3.63) is 32.6 Å². The summed E-state index contributed by atoms with van der Waals surface area (Å²) in [5, 5.41) is 19.7. The molecule has 1 saturated carbocycles. The van der Waals surface area contributed by atoms with Crippen LogP contribution in [-0.2, 0) is 10.1 Å². The SMILES string of the molecule is O=c1[nH]c(=O)n([C@H]2CC(O)[C@@H](CO)O2)cc1C[Se]C1CCCCC1. The zero-order valence-corrected chi connectivity index (χ0v) is 15.2. The van der Waals surface area contributed by atoms with Crippen molar-refractivity contribution in [2.75, 3.05) is 6.61 Å². The van der Waals surface area contributed by atoms with E-state index in [9.17, 15) is 14.7 Å². The van der Waals surface area contributed by atoms with E-state index in [0.717, 1.165) is 0 Å². The quantitative estimate of drug-likeness (QED) is 0.607. The molecule has 0 spiro atoms. The summed E-state index contributed by atoms with van der Waals surface area (Å²) in [6, 6.07) is 0. The zero-order valence-electron chi connectivity index (χ0n) is 13.5. The van der Waals surface area contributed by atoms with Crippen LogP contribution in [0, 0.1) is 0 Å². The Kier molecular flexibility index (Phi) is 5.94. The molecule has 7 nitrogen and oxygen atoms in total. The van der Waals surface area contributed by atoms with Crippen LogP contribution in [0.3, 0.4) is 0 Å². The number of ether oxygens (including phenoxy) is 1. The number of hydrogen-bond donors (Lipinski definition) is 3. The van der Waals surface area contributed by atoms with Gasteiger partial charge in [0, 0.05) is 0 Å². The number of aromatic amines is 1. The zero-order chi connectivity index (χ0) is 17.1. The number of hydrogen-bond acceptors (Lipinski definition) is 5. The van der Waals surface area contributed by atoms with Crippen LogP contribution in [0.25, 0.3) is 0 Å². The first-order valence-corrected chi connectivity index (χ1v) is 10.7. The molecule has 0 aromatic carbocycles. The molecule has 3 atom stereocenters. The topological polar surface area (TPSA) is 105 Å². The van der Waals surface area contributed by atoms with E-state index in [1.165, 1.54) is 36.7 Å². The summed E-state index contributed by atoms with van der Waals surface area (Å²) in [6.07, 6.45) is 6.00. The molecule has 3 rings (SSSR count). The predicted octanol–water partition coefficient (Wildman–Crippen LogP) is 0.134. The van der Waals surface area contributed by atoms with Gasteiger partial charge in [-0.3, -0.25) is 0 Å². The van der Waals surface area contributed by atoms with E-state index in [4.69, 9.17) is 9.84 Å². The number of aromatic nitrogens is 2. The molecule has 2 fully saturated rings. The van der Waals surface area contributed by atoms with Crippen molar-refractivity contribution in [2.45, 2.75) is 67.1 Å². The molecule has 24 heavy (non-hydrogen) atoms. The molecule has 2 heterocycles. The van der Waals surface area contributed by atoms with Crippen molar-refractivity contribution in [1.82, 2.24) is 9.55 Å². The Hall–Kier alpha value is -0.921. The van der Waals surface area contributed by atoms with Crippen LogP contribution in [-0.4, -0.2) is 53.5 Å². The first-order valence-electron chi connectivity index (χ1n) is 8.49. The van der Waals surface area contributed by atoms with Crippen molar-refractivity contribution in [3.8, 4) is 0 Å². The van der Waals surface area contributed by atoms with Crippen LogP contribution in [0.5, 0.6) is 0 Å². The van der Waals surface area contributed by atoms with Gasteiger partial charge < -0.3 is 0 Å². The van der Waals surface area contributed by atoms with E-state index in [1.807, 2.05) is 0 Å². The van der Waals surface area contributed by atoms with E-state index in [-0.39, 0.29) is 18.6 Å². The summed E-state index contributed by atoms with van der Waals surface area (Å²) in [5.74, 6) is 0. The number of H-pyrrole nitrogens is 1. The third-order valence-corrected chi connectivity index (χ3v) is 7.74. The molecule has 1 aromatic rings. The predicted molar refractivity (Wildman–Crippen MR) is 89.2 cm³/mol. The molecule has 0 bridgehead atoms. The van der Waals surface area contributed by atoms with E-state index in [2.05, 4.69) is 4.98 Å². The van der Waals surface area contributed by atoms with Gasteiger partial charge >= 0.3 is 146 Å². The minimum absolute atomic E-state index is 0.227. The van der Waals surface area contributed by atoms with Gasteiger partial charge in [-0.15, -0.1) is 0 Å². The summed E-state index contributed by atoms with van der Waals surface area (Å²) in [7, 11) is 0. The van der Waals surface area contributed by atoms with Gasteiger partial charge in [0.15, 0.2) is 0 Å². The third-order valence-electron chi connectivity index (χ3n) is 4.76. The van der Waals surface area contributed by atoms with Crippen molar-refractivity contribution >= 4 is 15.0 Å². The second kappa shape index (κ2) is 7.97. The van der Waals surface area contributed by atoms with Crippen LogP contribution < -0.4 is 11.2 Å². The Morgan fingerprint density at radius 2 is 2.04 bits per heavy atom. The molecule has 1 saturated heterocycles. The first-order chi connectivity index (χ1) is 11.6. The van der Waals surface area contributed by atoms with E-state index < -0.39 is 24.1 Å². The van der Waals surface area contributed by atoms with Crippen molar-refractivity contribution in [1.29, 1.82) is 0 Å². The number of nitrogens with zero attached hydrogens (tertiary/aromatic N) is 1. The van der Waals surface area contributed by atoms with Gasteiger partial charge in [0.1, 0.15) is 0 Å². The van der Waals surface area contributed by atoms with Gasteiger partial charge in [0.05, 0.1) is 0 Å². The second-order valence-corrected chi connectivity index (χ2v) is 9.21. The number of aliphatic hydroxyl groups is 2. The molecular formula is C16H24N2O5Se. The van der Waals surface area contributed by atoms with Crippen molar-refractivity contribution in [2.24, 2.45) is 0 Å². The molecule has 134 valence electrons. The number of rotatable bonds is 5. The molecule has 1 aliphatic heterocycles. The average molecular weight is 403 g/mol. The normalized spacial score (nSPS) is 28.3. The molecule has 1 unspecified atom stereocenters. The van der Waals surface area contributed by atoms with Gasteiger partial charge in [-0.25, -0.2) is 0 Å². The second-order valence-electron chi connectivity index (χ2n) is 6.51. The van der Waals surface area contributed by atoms with Gasteiger partial charge in [-0.1, -0.05) is 0 Å². The molecule has 8 heteroatoms. The average Bonchev–Trinajstić information content (AvgIpc) is 2.95. The molecule has 1 aromatic heterocycles. The fourth-order valence-electron chi connectivity index (χ4n) is 3.33. The van der Waals surface area contributed by atoms with E-state index >= 15 is 0 Å². The minimum atomic E-state index is -0.811. The standard InChI is InChI=1S/C16H24N2O5Se/c19-8-13-12(20)6-14(23-13)18-7-10(15(21)17-16(18)22)9-24-11-4-2-1-3-5-11/h7,11-14,19-20H,1-6,8-9H2,(H,17,21,22)/t12?,13-,14-/m1/s1. The molecule has 2 aliphatic rings. The summed E-state index contributed by atoms with van der Waals surface area (Å²) in [4.78, 5) is 27.2. The van der Waals surface area contributed by atoms with Gasteiger partial charge in [0.25, 0.3) is 0 Å². The fraction of sp³-hybridized carbons (Fsp3) is 0.750. The Morgan fingerprint density at radius 1 is 1.29 bits per heavy atom. The maximum atomic E-state index is 12.1. The molecular weight excluding hydrogens is 379 g/mol. The molecule has 1 aliphatic carbocycles. The summed E-state index contributed by atoms with van der Waals surface area (Å²) < 4.78 is 6.86. The summed E-state index contributed by atoms with van der Waals surface area (Å²) >= 11 is 0.347. The summed E-state index contributed by atoms with van der Waals surface area (Å²) in [6.45, 7) is -0.298. The fourth-order valence-corrected chi connectivity index (χ4v) is 6.03. The maximum absolute atomic E-state index is 12.1. The van der Waals surface area contributed by atoms with Gasteiger partial charge in [-0.2, -0.15) is 0 Å². The summed E-state index contributed by atoms with van der Waals surface area (Å²) in [5.41, 5.74) is -0.262. The van der Waals surface area contributed by atoms with Crippen LogP contribution >= 0.6 is 0 Å². The van der Waals surface area contributed by atoms with Crippen molar-refractivity contribution in [3.63, 3.8) is 0 Å². The Balaban J connectivity index is 1.74.